The first kappa shape index (κ1) is 14.9. The summed E-state index contributed by atoms with van der Waals surface area (Å²) in [6, 6.07) is 12.5. The molecule has 1 unspecified atom stereocenters. The lowest BCUT2D eigenvalue weighted by molar-refractivity contribution is 0.668. The SMILES string of the molecule is CNC(c1ccc2c(c1)CCCC2)c1c(Cl)cccc1Cl. The number of benzene rings is 2. The standard InChI is InChI=1S/C18H19Cl2N/c1-21-18(17-15(19)7-4-8-16(17)20)14-10-9-12-5-2-3-6-13(12)11-14/h4,7-11,18,21H,2-3,5-6H2,1H3. The van der Waals surface area contributed by atoms with Crippen molar-refractivity contribution in [1.82, 2.24) is 5.32 Å². The minimum Gasteiger partial charge on any atom is -0.309 e. The van der Waals surface area contributed by atoms with Gasteiger partial charge in [-0.2, -0.15) is 0 Å². The fraction of sp³-hybridized carbons (Fsp3) is 0.333. The van der Waals surface area contributed by atoms with Gasteiger partial charge in [0, 0.05) is 15.6 Å². The molecule has 21 heavy (non-hydrogen) atoms. The largest absolute Gasteiger partial charge is 0.309 e. The van der Waals surface area contributed by atoms with Crippen LogP contribution in [0.5, 0.6) is 0 Å². The van der Waals surface area contributed by atoms with Crippen molar-refractivity contribution in [3.05, 3.63) is 68.7 Å². The molecule has 1 atom stereocenters. The molecule has 0 saturated carbocycles. The third-order valence-electron chi connectivity index (χ3n) is 4.28. The number of rotatable bonds is 3. The van der Waals surface area contributed by atoms with Gasteiger partial charge in [0.05, 0.1) is 6.04 Å². The lowest BCUT2D eigenvalue weighted by Crippen LogP contribution is -2.19. The van der Waals surface area contributed by atoms with E-state index >= 15 is 0 Å². The molecule has 3 heteroatoms. The van der Waals surface area contributed by atoms with Gasteiger partial charge < -0.3 is 5.32 Å². The van der Waals surface area contributed by atoms with Crippen molar-refractivity contribution in [1.29, 1.82) is 0 Å². The molecule has 1 aliphatic rings. The number of halogens is 2. The van der Waals surface area contributed by atoms with Crippen molar-refractivity contribution in [2.75, 3.05) is 7.05 Å². The monoisotopic (exact) mass is 319 g/mol. The highest BCUT2D eigenvalue weighted by atomic mass is 35.5. The Balaban J connectivity index is 2.04. The van der Waals surface area contributed by atoms with Gasteiger partial charge in [-0.15, -0.1) is 0 Å². The molecule has 2 aromatic rings. The molecule has 2 aromatic carbocycles. The Morgan fingerprint density at radius 2 is 1.62 bits per heavy atom. The van der Waals surface area contributed by atoms with Crippen LogP contribution in [0.2, 0.25) is 10.0 Å². The molecule has 1 N–H and O–H groups in total. The van der Waals surface area contributed by atoms with Crippen molar-refractivity contribution < 1.29 is 0 Å². The first-order valence-corrected chi connectivity index (χ1v) is 8.19. The Kier molecular flexibility index (Phi) is 4.54. The van der Waals surface area contributed by atoms with Crippen LogP contribution < -0.4 is 5.32 Å². The maximum atomic E-state index is 6.37. The van der Waals surface area contributed by atoms with E-state index in [1.165, 1.54) is 42.4 Å². The lowest BCUT2D eigenvalue weighted by Gasteiger charge is -2.23. The van der Waals surface area contributed by atoms with E-state index in [-0.39, 0.29) is 6.04 Å². The van der Waals surface area contributed by atoms with Gasteiger partial charge in [-0.05, 0) is 61.6 Å². The van der Waals surface area contributed by atoms with E-state index < -0.39 is 0 Å². The first-order chi connectivity index (χ1) is 10.2. The molecule has 0 aliphatic heterocycles. The normalized spacial score (nSPS) is 15.6. The van der Waals surface area contributed by atoms with E-state index in [1.54, 1.807) is 0 Å². The summed E-state index contributed by atoms with van der Waals surface area (Å²) in [5, 5.41) is 4.77. The maximum Gasteiger partial charge on any atom is 0.0604 e. The van der Waals surface area contributed by atoms with Gasteiger partial charge in [0.2, 0.25) is 0 Å². The molecule has 0 spiro atoms. The molecular formula is C18H19Cl2N. The fourth-order valence-corrected chi connectivity index (χ4v) is 3.81. The summed E-state index contributed by atoms with van der Waals surface area (Å²) in [6.45, 7) is 0. The Labute approximate surface area is 136 Å². The van der Waals surface area contributed by atoms with Crippen molar-refractivity contribution >= 4 is 23.2 Å². The van der Waals surface area contributed by atoms with Gasteiger partial charge >= 0.3 is 0 Å². The summed E-state index contributed by atoms with van der Waals surface area (Å²) in [4.78, 5) is 0. The van der Waals surface area contributed by atoms with Crippen LogP contribution in [0.1, 0.15) is 41.1 Å². The van der Waals surface area contributed by atoms with Crippen molar-refractivity contribution in [3.8, 4) is 0 Å². The summed E-state index contributed by atoms with van der Waals surface area (Å²) >= 11 is 12.7. The fourth-order valence-electron chi connectivity index (χ4n) is 3.20. The second-order valence-electron chi connectivity index (χ2n) is 5.59. The second kappa shape index (κ2) is 6.39. The van der Waals surface area contributed by atoms with Crippen LogP contribution in [0, 0.1) is 0 Å². The Morgan fingerprint density at radius 1 is 0.952 bits per heavy atom. The minimum atomic E-state index is 0.0263. The van der Waals surface area contributed by atoms with Gasteiger partial charge in [-0.25, -0.2) is 0 Å². The quantitative estimate of drug-likeness (QED) is 0.821. The summed E-state index contributed by atoms with van der Waals surface area (Å²) in [7, 11) is 1.95. The Hall–Kier alpha value is -1.02. The molecule has 0 saturated heterocycles. The van der Waals surface area contributed by atoms with Crippen LogP contribution in [0.4, 0.5) is 0 Å². The van der Waals surface area contributed by atoms with E-state index in [0.717, 1.165) is 5.56 Å². The number of hydrogen-bond donors (Lipinski definition) is 1. The topological polar surface area (TPSA) is 12.0 Å². The van der Waals surface area contributed by atoms with Crippen LogP contribution in [0.15, 0.2) is 36.4 Å². The molecule has 110 valence electrons. The van der Waals surface area contributed by atoms with E-state index in [1.807, 2.05) is 25.2 Å². The van der Waals surface area contributed by atoms with Crippen LogP contribution in [0.25, 0.3) is 0 Å². The van der Waals surface area contributed by atoms with Crippen LogP contribution in [-0.2, 0) is 12.8 Å². The zero-order valence-electron chi connectivity index (χ0n) is 12.1. The van der Waals surface area contributed by atoms with Gasteiger partial charge in [-0.3, -0.25) is 0 Å². The molecule has 1 aliphatic carbocycles. The van der Waals surface area contributed by atoms with E-state index in [2.05, 4.69) is 23.5 Å². The third-order valence-corrected chi connectivity index (χ3v) is 4.94. The summed E-state index contributed by atoms with van der Waals surface area (Å²) in [5.74, 6) is 0. The van der Waals surface area contributed by atoms with Crippen molar-refractivity contribution in [3.63, 3.8) is 0 Å². The van der Waals surface area contributed by atoms with Crippen LogP contribution >= 0.6 is 23.2 Å². The predicted molar refractivity (Wildman–Crippen MR) is 90.4 cm³/mol. The Bertz CT molecular complexity index is 631. The van der Waals surface area contributed by atoms with Gasteiger partial charge in [-0.1, -0.05) is 47.5 Å². The van der Waals surface area contributed by atoms with E-state index in [4.69, 9.17) is 23.2 Å². The second-order valence-corrected chi connectivity index (χ2v) is 6.41. The van der Waals surface area contributed by atoms with Gasteiger partial charge in [0.25, 0.3) is 0 Å². The molecule has 0 aromatic heterocycles. The van der Waals surface area contributed by atoms with E-state index in [9.17, 15) is 0 Å². The number of hydrogen-bond acceptors (Lipinski definition) is 1. The van der Waals surface area contributed by atoms with Crippen LogP contribution in [-0.4, -0.2) is 7.05 Å². The van der Waals surface area contributed by atoms with Gasteiger partial charge in [0.1, 0.15) is 0 Å². The highest BCUT2D eigenvalue weighted by Gasteiger charge is 2.20. The van der Waals surface area contributed by atoms with E-state index in [0.29, 0.717) is 10.0 Å². The minimum absolute atomic E-state index is 0.0263. The first-order valence-electron chi connectivity index (χ1n) is 7.43. The molecule has 0 radical (unpaired) electrons. The van der Waals surface area contributed by atoms with Crippen molar-refractivity contribution in [2.24, 2.45) is 0 Å². The molecule has 0 amide bonds. The van der Waals surface area contributed by atoms with Crippen LogP contribution in [0.3, 0.4) is 0 Å². The number of fused-ring (bicyclic) bond motifs is 1. The van der Waals surface area contributed by atoms with Gasteiger partial charge in [0.15, 0.2) is 0 Å². The number of aryl methyl sites for hydroxylation is 2. The molecular weight excluding hydrogens is 301 g/mol. The Morgan fingerprint density at radius 3 is 2.29 bits per heavy atom. The summed E-state index contributed by atoms with van der Waals surface area (Å²) in [6.07, 6.45) is 4.97. The molecule has 0 heterocycles. The summed E-state index contributed by atoms with van der Waals surface area (Å²) in [5.41, 5.74) is 5.15. The molecule has 3 rings (SSSR count). The molecule has 0 bridgehead atoms. The predicted octanol–water partition coefficient (Wildman–Crippen LogP) is 5.18. The average molecular weight is 320 g/mol. The third kappa shape index (κ3) is 2.96. The van der Waals surface area contributed by atoms with Crippen molar-refractivity contribution in [2.45, 2.75) is 31.7 Å². The molecule has 0 fully saturated rings. The highest BCUT2D eigenvalue weighted by Crippen LogP contribution is 2.35. The summed E-state index contributed by atoms with van der Waals surface area (Å²) < 4.78 is 0. The molecule has 1 nitrogen and oxygen atoms in total. The number of nitrogens with one attached hydrogen (secondary N) is 1. The maximum absolute atomic E-state index is 6.37. The average Bonchev–Trinajstić information content (AvgIpc) is 2.50. The lowest BCUT2D eigenvalue weighted by atomic mass is 9.88. The highest BCUT2D eigenvalue weighted by molar-refractivity contribution is 6.36. The zero-order chi connectivity index (χ0) is 14.8. The smallest absolute Gasteiger partial charge is 0.0604 e. The zero-order valence-corrected chi connectivity index (χ0v) is 13.6.